The topological polar surface area (TPSA) is 81.1 Å². The second-order valence-corrected chi connectivity index (χ2v) is 8.68. The summed E-state index contributed by atoms with van der Waals surface area (Å²) in [6, 6.07) is 14.1. The van der Waals surface area contributed by atoms with Gasteiger partial charge >= 0.3 is 0 Å². The summed E-state index contributed by atoms with van der Waals surface area (Å²) in [7, 11) is 1.40. The summed E-state index contributed by atoms with van der Waals surface area (Å²) < 4.78 is 5.21. The van der Waals surface area contributed by atoms with Crippen molar-refractivity contribution in [1.82, 2.24) is 20.3 Å². The Morgan fingerprint density at radius 1 is 1.00 bits per heavy atom. The van der Waals surface area contributed by atoms with E-state index in [1.165, 1.54) is 24.0 Å². The zero-order chi connectivity index (χ0) is 23.7. The average molecular weight is 521 g/mol. The molecule has 0 bridgehead atoms. The van der Waals surface area contributed by atoms with Gasteiger partial charge in [-0.05, 0) is 55.5 Å². The Morgan fingerprint density at radius 3 is 2.33 bits per heavy atom. The Hall–Kier alpha value is -2.91. The molecular formula is C22H16Cl3N5O2S. The van der Waals surface area contributed by atoms with Crippen molar-refractivity contribution in [3.05, 3.63) is 74.7 Å². The van der Waals surface area contributed by atoms with Gasteiger partial charge in [0.15, 0.2) is 5.11 Å². The summed E-state index contributed by atoms with van der Waals surface area (Å²) in [4.78, 5) is 14.2. The lowest BCUT2D eigenvalue weighted by Crippen LogP contribution is -2.34. The largest absolute Gasteiger partial charge is 0.494 e. The van der Waals surface area contributed by atoms with Gasteiger partial charge in [-0.2, -0.15) is 4.80 Å². The van der Waals surface area contributed by atoms with Crippen molar-refractivity contribution in [3.63, 3.8) is 0 Å². The molecule has 0 unspecified atom stereocenters. The highest BCUT2D eigenvalue weighted by molar-refractivity contribution is 7.80. The number of hydrogen-bond acceptors (Lipinski definition) is 5. The number of anilines is 1. The minimum Gasteiger partial charge on any atom is -0.494 e. The Bertz CT molecular complexity index is 1390. The van der Waals surface area contributed by atoms with Crippen LogP contribution in [0.5, 0.6) is 5.75 Å². The molecule has 1 amide bonds. The van der Waals surface area contributed by atoms with Gasteiger partial charge in [0, 0.05) is 5.02 Å². The predicted molar refractivity (Wildman–Crippen MR) is 135 cm³/mol. The fourth-order valence-electron chi connectivity index (χ4n) is 3.09. The van der Waals surface area contributed by atoms with Crippen LogP contribution in [0.25, 0.3) is 16.7 Å². The van der Waals surface area contributed by atoms with E-state index in [0.29, 0.717) is 21.7 Å². The Morgan fingerprint density at radius 2 is 1.67 bits per heavy atom. The molecule has 4 aromatic rings. The van der Waals surface area contributed by atoms with Crippen LogP contribution in [-0.4, -0.2) is 33.1 Å². The number of aryl methyl sites for hydroxylation is 1. The van der Waals surface area contributed by atoms with Crippen molar-refractivity contribution < 1.29 is 9.53 Å². The minimum absolute atomic E-state index is 0.0188. The molecule has 0 aliphatic heterocycles. The number of hydrogen-bond donors (Lipinski definition) is 2. The summed E-state index contributed by atoms with van der Waals surface area (Å²) >= 11 is 23.8. The molecule has 0 atom stereocenters. The van der Waals surface area contributed by atoms with Gasteiger partial charge < -0.3 is 10.1 Å². The van der Waals surface area contributed by atoms with Crippen LogP contribution in [0, 0.1) is 6.92 Å². The average Bonchev–Trinajstić information content (AvgIpc) is 3.16. The van der Waals surface area contributed by atoms with Gasteiger partial charge in [0.05, 0.1) is 34.1 Å². The molecule has 11 heteroatoms. The molecule has 0 aliphatic rings. The van der Waals surface area contributed by atoms with E-state index in [2.05, 4.69) is 20.8 Å². The van der Waals surface area contributed by atoms with Gasteiger partial charge in [0.1, 0.15) is 16.8 Å². The third-order valence-corrected chi connectivity index (χ3v) is 5.68. The van der Waals surface area contributed by atoms with Gasteiger partial charge in [-0.3, -0.25) is 10.1 Å². The first kappa shape index (κ1) is 23.3. The molecule has 7 nitrogen and oxygen atoms in total. The van der Waals surface area contributed by atoms with Crippen molar-refractivity contribution in [3.8, 4) is 11.4 Å². The number of halogens is 3. The third kappa shape index (κ3) is 5.04. The van der Waals surface area contributed by atoms with E-state index in [9.17, 15) is 4.79 Å². The number of fused-ring (bicyclic) bond motifs is 1. The van der Waals surface area contributed by atoms with Gasteiger partial charge in [0.25, 0.3) is 5.91 Å². The number of thiocarbonyl (C=S) groups is 1. The molecule has 4 rings (SSSR count). The predicted octanol–water partition coefficient (Wildman–Crippen LogP) is 5.82. The number of amides is 1. The van der Waals surface area contributed by atoms with Gasteiger partial charge in [-0.25, -0.2) is 0 Å². The van der Waals surface area contributed by atoms with Crippen LogP contribution >= 0.6 is 47.0 Å². The second kappa shape index (κ2) is 9.52. The molecule has 0 saturated carbocycles. The van der Waals surface area contributed by atoms with Crippen LogP contribution in [0.3, 0.4) is 0 Å². The van der Waals surface area contributed by atoms with Gasteiger partial charge in [-0.1, -0.05) is 52.5 Å². The highest BCUT2D eigenvalue weighted by atomic mass is 35.5. The number of carbonyl (C=O) groups is 1. The van der Waals surface area contributed by atoms with Crippen LogP contribution in [0.1, 0.15) is 15.9 Å². The molecular weight excluding hydrogens is 505 g/mol. The van der Waals surface area contributed by atoms with E-state index >= 15 is 0 Å². The summed E-state index contributed by atoms with van der Waals surface area (Å²) in [6.45, 7) is 2.01. The Kier molecular flexibility index (Phi) is 6.71. The number of methoxy groups -OCH3 is 1. The molecule has 0 saturated heterocycles. The van der Waals surface area contributed by atoms with E-state index < -0.39 is 5.91 Å². The van der Waals surface area contributed by atoms with Crippen LogP contribution in [0.4, 0.5) is 5.69 Å². The second-order valence-electron chi connectivity index (χ2n) is 7.02. The van der Waals surface area contributed by atoms with E-state index in [1.807, 2.05) is 31.2 Å². The molecule has 0 fully saturated rings. The number of carbonyl (C=O) groups excluding carboxylic acids is 1. The van der Waals surface area contributed by atoms with E-state index in [0.717, 1.165) is 11.3 Å². The van der Waals surface area contributed by atoms with E-state index in [4.69, 9.17) is 51.8 Å². The zero-order valence-corrected chi connectivity index (χ0v) is 20.4. The zero-order valence-electron chi connectivity index (χ0n) is 17.3. The summed E-state index contributed by atoms with van der Waals surface area (Å²) in [6.07, 6.45) is 0. The van der Waals surface area contributed by atoms with E-state index in [-0.39, 0.29) is 26.5 Å². The first-order valence-corrected chi connectivity index (χ1v) is 11.1. The van der Waals surface area contributed by atoms with Gasteiger partial charge in [0.2, 0.25) is 0 Å². The van der Waals surface area contributed by atoms with Crippen LogP contribution in [-0.2, 0) is 0 Å². The molecule has 2 N–H and O–H groups in total. The number of nitrogens with zero attached hydrogens (tertiary/aromatic N) is 3. The van der Waals surface area contributed by atoms with Crippen molar-refractivity contribution >= 4 is 74.8 Å². The van der Waals surface area contributed by atoms with Crippen LogP contribution in [0.15, 0.2) is 48.5 Å². The quantitative estimate of drug-likeness (QED) is 0.330. The molecule has 0 aliphatic carbocycles. The molecule has 1 aromatic heterocycles. The highest BCUT2D eigenvalue weighted by Gasteiger charge is 2.18. The lowest BCUT2D eigenvalue weighted by Gasteiger charge is -2.13. The highest BCUT2D eigenvalue weighted by Crippen LogP contribution is 2.32. The van der Waals surface area contributed by atoms with Crippen LogP contribution in [0.2, 0.25) is 15.1 Å². The SMILES string of the molecule is COc1c(Cl)cc(Cl)cc1C(=O)NC(=S)Nc1cc2nn(-c3ccc(C)cc3)nc2cc1Cl. The number of benzene rings is 3. The number of ether oxygens (including phenoxy) is 1. The lowest BCUT2D eigenvalue weighted by molar-refractivity contribution is 0.0975. The normalized spacial score (nSPS) is 10.8. The van der Waals surface area contributed by atoms with Crippen molar-refractivity contribution in [2.45, 2.75) is 6.92 Å². The smallest absolute Gasteiger partial charge is 0.261 e. The Balaban J connectivity index is 1.55. The molecule has 33 heavy (non-hydrogen) atoms. The molecule has 1 heterocycles. The standard InChI is InChI=1S/C22H16Cl3N5O2S/c1-11-3-5-13(6-4-11)30-28-18-9-15(24)17(10-19(18)29-30)26-22(33)27-21(31)14-7-12(23)8-16(25)20(14)32-2/h3-10H,1-2H3,(H2,26,27,31,33). The Labute approximate surface area is 209 Å². The lowest BCUT2D eigenvalue weighted by atomic mass is 10.2. The summed E-state index contributed by atoms with van der Waals surface area (Å²) in [5, 5.41) is 15.3. The van der Waals surface area contributed by atoms with Crippen molar-refractivity contribution in [2.24, 2.45) is 0 Å². The maximum absolute atomic E-state index is 12.7. The van der Waals surface area contributed by atoms with E-state index in [1.54, 1.807) is 12.1 Å². The van der Waals surface area contributed by atoms with Crippen molar-refractivity contribution in [2.75, 3.05) is 12.4 Å². The number of rotatable bonds is 4. The number of nitrogens with one attached hydrogen (secondary N) is 2. The third-order valence-electron chi connectivity index (χ3n) is 4.67. The number of aromatic nitrogens is 3. The fourth-order valence-corrected chi connectivity index (χ4v) is 4.07. The minimum atomic E-state index is -0.545. The van der Waals surface area contributed by atoms with Gasteiger partial charge in [-0.15, -0.1) is 10.2 Å². The monoisotopic (exact) mass is 519 g/mol. The first-order valence-electron chi connectivity index (χ1n) is 9.54. The molecule has 0 spiro atoms. The maximum Gasteiger partial charge on any atom is 0.261 e. The molecule has 168 valence electrons. The summed E-state index contributed by atoms with van der Waals surface area (Å²) in [5.41, 5.74) is 3.76. The fraction of sp³-hybridized carbons (Fsp3) is 0.0909. The first-order chi connectivity index (χ1) is 15.7. The van der Waals surface area contributed by atoms with Crippen molar-refractivity contribution in [1.29, 1.82) is 0 Å². The maximum atomic E-state index is 12.7. The molecule has 0 radical (unpaired) electrons. The summed E-state index contributed by atoms with van der Waals surface area (Å²) in [5.74, 6) is -0.357. The molecule has 3 aromatic carbocycles. The van der Waals surface area contributed by atoms with Crippen LogP contribution < -0.4 is 15.4 Å².